The van der Waals surface area contributed by atoms with Crippen molar-refractivity contribution in [3.05, 3.63) is 48.2 Å². The average Bonchev–Trinajstić information content (AvgIpc) is 2.48. The molecule has 6 heteroatoms. The van der Waals surface area contributed by atoms with Gasteiger partial charge >= 0.3 is 0 Å². The number of anilines is 2. The maximum Gasteiger partial charge on any atom is 0.262 e. The predicted octanol–water partition coefficient (Wildman–Crippen LogP) is 3.01. The fourth-order valence-corrected chi connectivity index (χ4v) is 2.96. The van der Waals surface area contributed by atoms with Gasteiger partial charge in [0.15, 0.2) is 0 Å². The first-order valence-corrected chi connectivity index (χ1v) is 8.29. The van der Waals surface area contributed by atoms with Gasteiger partial charge in [-0.2, -0.15) is 0 Å². The van der Waals surface area contributed by atoms with Gasteiger partial charge in [-0.15, -0.1) is 0 Å². The third-order valence-corrected chi connectivity index (χ3v) is 4.35. The number of nitrogens with one attached hydrogen (secondary N) is 2. The third-order valence-electron chi connectivity index (χ3n) is 2.99. The van der Waals surface area contributed by atoms with E-state index in [-0.39, 0.29) is 4.90 Å². The standard InChI is InChI=1S/C15H19N3O2S/c1-3-9-16-15-11-13(8-10-17-15)21(19,20)18-14-7-5-4-6-12(14)2/h4-8,10-11,18H,3,9H2,1-2H3,(H,16,17). The first-order chi connectivity index (χ1) is 10.0. The van der Waals surface area contributed by atoms with Crippen molar-refractivity contribution in [2.45, 2.75) is 25.2 Å². The molecule has 2 aromatic rings. The summed E-state index contributed by atoms with van der Waals surface area (Å²) < 4.78 is 27.4. The van der Waals surface area contributed by atoms with Crippen LogP contribution in [0.25, 0.3) is 0 Å². The zero-order valence-electron chi connectivity index (χ0n) is 12.1. The largest absolute Gasteiger partial charge is 0.370 e. The van der Waals surface area contributed by atoms with Gasteiger partial charge in [0.1, 0.15) is 5.82 Å². The molecular weight excluding hydrogens is 286 g/mol. The molecule has 0 unspecified atom stereocenters. The number of rotatable bonds is 6. The van der Waals surface area contributed by atoms with Crippen LogP contribution in [0.2, 0.25) is 0 Å². The van der Waals surface area contributed by atoms with E-state index in [1.54, 1.807) is 12.1 Å². The lowest BCUT2D eigenvalue weighted by atomic mass is 10.2. The molecule has 2 N–H and O–H groups in total. The lowest BCUT2D eigenvalue weighted by Gasteiger charge is -2.11. The van der Waals surface area contributed by atoms with Crippen molar-refractivity contribution in [3.63, 3.8) is 0 Å². The van der Waals surface area contributed by atoms with E-state index in [1.165, 1.54) is 18.3 Å². The Morgan fingerprint density at radius 1 is 1.19 bits per heavy atom. The monoisotopic (exact) mass is 305 g/mol. The van der Waals surface area contributed by atoms with E-state index in [9.17, 15) is 8.42 Å². The number of benzene rings is 1. The van der Waals surface area contributed by atoms with Crippen LogP contribution in [0.4, 0.5) is 11.5 Å². The summed E-state index contributed by atoms with van der Waals surface area (Å²) in [7, 11) is -3.61. The van der Waals surface area contributed by atoms with E-state index in [1.807, 2.05) is 26.0 Å². The Kier molecular flexibility index (Phi) is 4.80. The van der Waals surface area contributed by atoms with Crippen LogP contribution in [0.3, 0.4) is 0 Å². The smallest absolute Gasteiger partial charge is 0.262 e. The summed E-state index contributed by atoms with van der Waals surface area (Å²) in [5.41, 5.74) is 1.46. The number of hydrogen-bond acceptors (Lipinski definition) is 4. The number of para-hydroxylation sites is 1. The molecule has 0 atom stereocenters. The van der Waals surface area contributed by atoms with Crippen molar-refractivity contribution < 1.29 is 8.42 Å². The molecular formula is C15H19N3O2S. The van der Waals surface area contributed by atoms with Gasteiger partial charge in [0.05, 0.1) is 10.6 Å². The summed E-state index contributed by atoms with van der Waals surface area (Å²) in [5.74, 6) is 0.560. The Balaban J connectivity index is 2.25. The van der Waals surface area contributed by atoms with Crippen molar-refractivity contribution in [2.75, 3.05) is 16.6 Å². The summed E-state index contributed by atoms with van der Waals surface area (Å²) >= 11 is 0. The minimum absolute atomic E-state index is 0.194. The van der Waals surface area contributed by atoms with Crippen molar-refractivity contribution >= 4 is 21.5 Å². The van der Waals surface area contributed by atoms with E-state index in [0.717, 1.165) is 18.5 Å². The normalized spacial score (nSPS) is 11.1. The molecule has 1 heterocycles. The van der Waals surface area contributed by atoms with E-state index >= 15 is 0 Å². The van der Waals surface area contributed by atoms with Gasteiger partial charge < -0.3 is 5.32 Å². The molecule has 1 aromatic carbocycles. The molecule has 0 aliphatic rings. The second-order valence-corrected chi connectivity index (χ2v) is 6.41. The first-order valence-electron chi connectivity index (χ1n) is 6.81. The van der Waals surface area contributed by atoms with Crippen LogP contribution in [0, 0.1) is 6.92 Å². The average molecular weight is 305 g/mol. The number of aryl methyl sites for hydroxylation is 1. The van der Waals surface area contributed by atoms with E-state index in [0.29, 0.717) is 11.5 Å². The maximum absolute atomic E-state index is 12.4. The SMILES string of the molecule is CCCNc1cc(S(=O)(=O)Nc2ccccc2C)ccn1. The molecule has 112 valence electrons. The highest BCUT2D eigenvalue weighted by molar-refractivity contribution is 7.92. The fourth-order valence-electron chi connectivity index (χ4n) is 1.82. The van der Waals surface area contributed by atoms with Crippen LogP contribution in [0.1, 0.15) is 18.9 Å². The maximum atomic E-state index is 12.4. The highest BCUT2D eigenvalue weighted by Gasteiger charge is 2.15. The first kappa shape index (κ1) is 15.3. The van der Waals surface area contributed by atoms with Crippen LogP contribution in [-0.4, -0.2) is 19.9 Å². The lowest BCUT2D eigenvalue weighted by molar-refractivity contribution is 0.601. The quantitative estimate of drug-likeness (QED) is 0.860. The molecule has 0 amide bonds. The third kappa shape index (κ3) is 3.95. The molecule has 21 heavy (non-hydrogen) atoms. The molecule has 5 nitrogen and oxygen atoms in total. The van der Waals surface area contributed by atoms with E-state index in [2.05, 4.69) is 15.0 Å². The van der Waals surface area contributed by atoms with Crippen molar-refractivity contribution in [3.8, 4) is 0 Å². The number of nitrogens with zero attached hydrogens (tertiary/aromatic N) is 1. The molecule has 0 saturated carbocycles. The number of pyridine rings is 1. The van der Waals surface area contributed by atoms with Crippen molar-refractivity contribution in [1.82, 2.24) is 4.98 Å². The topological polar surface area (TPSA) is 71.1 Å². The highest BCUT2D eigenvalue weighted by Crippen LogP contribution is 2.20. The Hall–Kier alpha value is -2.08. The van der Waals surface area contributed by atoms with Crippen LogP contribution in [-0.2, 0) is 10.0 Å². The summed E-state index contributed by atoms with van der Waals surface area (Å²) in [6.07, 6.45) is 2.44. The van der Waals surface area contributed by atoms with Crippen molar-refractivity contribution in [1.29, 1.82) is 0 Å². The Bertz CT molecular complexity index is 714. The molecule has 0 aliphatic heterocycles. The number of sulfonamides is 1. The molecule has 0 spiro atoms. The molecule has 2 rings (SSSR count). The minimum atomic E-state index is -3.61. The Morgan fingerprint density at radius 2 is 1.95 bits per heavy atom. The molecule has 0 bridgehead atoms. The molecule has 0 aliphatic carbocycles. The van der Waals surface area contributed by atoms with Gasteiger partial charge in [-0.1, -0.05) is 25.1 Å². The minimum Gasteiger partial charge on any atom is -0.370 e. The summed E-state index contributed by atoms with van der Waals surface area (Å²) in [4.78, 5) is 4.31. The Morgan fingerprint density at radius 3 is 2.67 bits per heavy atom. The molecule has 1 aromatic heterocycles. The second kappa shape index (κ2) is 6.58. The fraction of sp³-hybridized carbons (Fsp3) is 0.267. The zero-order valence-corrected chi connectivity index (χ0v) is 12.9. The van der Waals surface area contributed by atoms with E-state index < -0.39 is 10.0 Å². The van der Waals surface area contributed by atoms with Gasteiger partial charge in [-0.3, -0.25) is 4.72 Å². The van der Waals surface area contributed by atoms with Crippen LogP contribution >= 0.6 is 0 Å². The molecule has 0 saturated heterocycles. The summed E-state index contributed by atoms with van der Waals surface area (Å²) in [5, 5.41) is 3.08. The van der Waals surface area contributed by atoms with Gasteiger partial charge in [0.2, 0.25) is 0 Å². The van der Waals surface area contributed by atoms with Crippen LogP contribution < -0.4 is 10.0 Å². The van der Waals surface area contributed by atoms with Gasteiger partial charge in [-0.25, -0.2) is 13.4 Å². The summed E-state index contributed by atoms with van der Waals surface area (Å²) in [6.45, 7) is 4.65. The highest BCUT2D eigenvalue weighted by atomic mass is 32.2. The van der Waals surface area contributed by atoms with Gasteiger partial charge in [0.25, 0.3) is 10.0 Å². The molecule has 0 radical (unpaired) electrons. The van der Waals surface area contributed by atoms with Gasteiger partial charge in [-0.05, 0) is 31.0 Å². The predicted molar refractivity (Wildman–Crippen MR) is 85.0 cm³/mol. The number of hydrogen-bond donors (Lipinski definition) is 2. The van der Waals surface area contributed by atoms with Crippen LogP contribution in [0.15, 0.2) is 47.5 Å². The van der Waals surface area contributed by atoms with E-state index in [4.69, 9.17) is 0 Å². The van der Waals surface area contributed by atoms with Gasteiger partial charge in [0, 0.05) is 18.8 Å². The Labute approximate surface area is 125 Å². The van der Waals surface area contributed by atoms with Crippen molar-refractivity contribution in [2.24, 2.45) is 0 Å². The number of aromatic nitrogens is 1. The second-order valence-electron chi connectivity index (χ2n) is 4.72. The molecule has 0 fully saturated rings. The van der Waals surface area contributed by atoms with Crippen LogP contribution in [0.5, 0.6) is 0 Å². The zero-order chi connectivity index (χ0) is 15.3. The summed E-state index contributed by atoms with van der Waals surface area (Å²) in [6, 6.07) is 10.3. The lowest BCUT2D eigenvalue weighted by Crippen LogP contribution is -2.14.